The smallest absolute Gasteiger partial charge is 0.146 e. The zero-order chi connectivity index (χ0) is 14.3. The van der Waals surface area contributed by atoms with E-state index in [1.54, 1.807) is 36.2 Å². The zero-order valence-electron chi connectivity index (χ0n) is 10.5. The number of pyridine rings is 1. The van der Waals surface area contributed by atoms with Gasteiger partial charge in [0.15, 0.2) is 0 Å². The molecule has 0 spiro atoms. The van der Waals surface area contributed by atoms with Crippen molar-refractivity contribution in [1.29, 1.82) is 0 Å². The highest BCUT2D eigenvalue weighted by Gasteiger charge is 2.14. The molecular formula is C13H10ClIN4O. The second kappa shape index (κ2) is 5.10. The molecule has 0 saturated carbocycles. The summed E-state index contributed by atoms with van der Waals surface area (Å²) >= 11 is 8.15. The van der Waals surface area contributed by atoms with Crippen molar-refractivity contribution in [2.24, 2.45) is 0 Å². The third kappa shape index (κ3) is 2.18. The molecule has 0 fully saturated rings. The van der Waals surface area contributed by atoms with Gasteiger partial charge in [0.25, 0.3) is 0 Å². The van der Waals surface area contributed by atoms with Crippen LogP contribution in [-0.4, -0.2) is 21.9 Å². The van der Waals surface area contributed by atoms with Crippen molar-refractivity contribution in [3.63, 3.8) is 0 Å². The van der Waals surface area contributed by atoms with E-state index in [1.807, 2.05) is 6.07 Å². The van der Waals surface area contributed by atoms with Crippen LogP contribution in [0.4, 0.5) is 5.69 Å². The van der Waals surface area contributed by atoms with E-state index in [0.717, 1.165) is 20.3 Å². The highest BCUT2D eigenvalue weighted by atomic mass is 127. The van der Waals surface area contributed by atoms with E-state index in [9.17, 15) is 0 Å². The Morgan fingerprint density at radius 2 is 2.15 bits per heavy atom. The summed E-state index contributed by atoms with van der Waals surface area (Å²) in [5.74, 6) is 0.652. The number of nitrogens with zero attached hydrogens (tertiary/aromatic N) is 3. The molecule has 5 nitrogen and oxygen atoms in total. The molecule has 0 bridgehead atoms. The summed E-state index contributed by atoms with van der Waals surface area (Å²) in [5.41, 5.74) is 8.09. The van der Waals surface area contributed by atoms with Crippen LogP contribution in [0, 0.1) is 3.70 Å². The maximum absolute atomic E-state index is 5.98. The molecule has 0 atom stereocenters. The van der Waals surface area contributed by atoms with Gasteiger partial charge < -0.3 is 10.5 Å². The quantitative estimate of drug-likeness (QED) is 0.407. The monoisotopic (exact) mass is 400 g/mol. The Kier molecular flexibility index (Phi) is 3.43. The van der Waals surface area contributed by atoms with Crippen LogP contribution in [0.1, 0.15) is 0 Å². The SMILES string of the molecule is COc1cc(N)ccc1-n1nc(I)c2cnc(Cl)cc21. The average molecular weight is 401 g/mol. The number of halogens is 2. The molecule has 3 aromatic rings. The van der Waals surface area contributed by atoms with Crippen molar-refractivity contribution < 1.29 is 4.74 Å². The van der Waals surface area contributed by atoms with Gasteiger partial charge in [0.05, 0.1) is 18.0 Å². The Hall–Kier alpha value is -1.54. The van der Waals surface area contributed by atoms with Crippen LogP contribution in [0.3, 0.4) is 0 Å². The number of fused-ring (bicyclic) bond motifs is 1. The van der Waals surface area contributed by atoms with Gasteiger partial charge in [-0.1, -0.05) is 11.6 Å². The van der Waals surface area contributed by atoms with Gasteiger partial charge in [0.2, 0.25) is 0 Å². The van der Waals surface area contributed by atoms with E-state index < -0.39 is 0 Å². The standard InChI is InChI=1S/C13H10ClIN4O/c1-20-11-4-7(16)2-3-9(11)19-10-5-12(14)17-6-8(10)13(15)18-19/h2-6H,16H2,1H3. The molecule has 0 amide bonds. The van der Waals surface area contributed by atoms with Gasteiger partial charge in [-0.15, -0.1) is 0 Å². The van der Waals surface area contributed by atoms with Crippen molar-refractivity contribution >= 4 is 50.8 Å². The Bertz CT molecular complexity index is 802. The van der Waals surface area contributed by atoms with E-state index in [4.69, 9.17) is 22.1 Å². The molecule has 1 aromatic carbocycles. The molecule has 2 N–H and O–H groups in total. The number of hydrogen-bond acceptors (Lipinski definition) is 4. The maximum Gasteiger partial charge on any atom is 0.146 e. The molecule has 0 aliphatic rings. The number of rotatable bonds is 2. The van der Waals surface area contributed by atoms with Crippen molar-refractivity contribution in [3.05, 3.63) is 39.3 Å². The van der Waals surface area contributed by atoms with Gasteiger partial charge in [-0.25, -0.2) is 9.67 Å². The highest BCUT2D eigenvalue weighted by molar-refractivity contribution is 14.1. The molecule has 0 aliphatic heterocycles. The third-order valence-corrected chi connectivity index (χ3v) is 3.92. The molecule has 3 rings (SSSR count). The minimum Gasteiger partial charge on any atom is -0.494 e. The van der Waals surface area contributed by atoms with Crippen LogP contribution >= 0.6 is 34.2 Å². The molecule has 20 heavy (non-hydrogen) atoms. The highest BCUT2D eigenvalue weighted by Crippen LogP contribution is 2.30. The molecule has 7 heteroatoms. The lowest BCUT2D eigenvalue weighted by atomic mass is 10.2. The molecule has 0 aliphatic carbocycles. The number of methoxy groups -OCH3 is 1. The number of nitrogens with two attached hydrogens (primary N) is 1. The summed E-state index contributed by atoms with van der Waals surface area (Å²) in [6.45, 7) is 0. The fraction of sp³-hybridized carbons (Fsp3) is 0.0769. The molecular weight excluding hydrogens is 391 g/mol. The number of aromatic nitrogens is 3. The van der Waals surface area contributed by atoms with Crippen molar-refractivity contribution in [1.82, 2.24) is 14.8 Å². The number of ether oxygens (including phenoxy) is 1. The summed E-state index contributed by atoms with van der Waals surface area (Å²) in [7, 11) is 1.60. The predicted molar refractivity (Wildman–Crippen MR) is 87.6 cm³/mol. The lowest BCUT2D eigenvalue weighted by Crippen LogP contribution is -2.01. The maximum atomic E-state index is 5.98. The Labute approximate surface area is 133 Å². The molecule has 2 heterocycles. The summed E-state index contributed by atoms with van der Waals surface area (Å²) in [4.78, 5) is 4.09. The first-order chi connectivity index (χ1) is 9.60. The fourth-order valence-corrected chi connectivity index (χ4v) is 2.79. The third-order valence-electron chi connectivity index (χ3n) is 2.92. The normalized spacial score (nSPS) is 10.9. The van der Waals surface area contributed by atoms with Crippen LogP contribution < -0.4 is 10.5 Å². The molecule has 0 radical (unpaired) electrons. The first-order valence-electron chi connectivity index (χ1n) is 5.74. The molecule has 0 saturated heterocycles. The summed E-state index contributed by atoms with van der Waals surface area (Å²) < 4.78 is 8.01. The summed E-state index contributed by atoms with van der Waals surface area (Å²) in [6, 6.07) is 7.21. The lowest BCUT2D eigenvalue weighted by molar-refractivity contribution is 0.412. The van der Waals surface area contributed by atoms with Crippen molar-refractivity contribution in [3.8, 4) is 11.4 Å². The first-order valence-corrected chi connectivity index (χ1v) is 7.19. The Balaban J connectivity index is 2.32. The number of hydrogen-bond donors (Lipinski definition) is 1. The van der Waals surface area contributed by atoms with Gasteiger partial charge in [-0.05, 0) is 34.7 Å². The van der Waals surface area contributed by atoms with Crippen molar-refractivity contribution in [2.75, 3.05) is 12.8 Å². The Morgan fingerprint density at radius 3 is 2.90 bits per heavy atom. The van der Waals surface area contributed by atoms with E-state index in [1.165, 1.54) is 0 Å². The van der Waals surface area contributed by atoms with Crippen LogP contribution in [0.25, 0.3) is 16.6 Å². The minimum atomic E-state index is 0.421. The van der Waals surface area contributed by atoms with E-state index in [2.05, 4.69) is 32.7 Å². The van der Waals surface area contributed by atoms with Crippen LogP contribution in [0.5, 0.6) is 5.75 Å². The molecule has 2 aromatic heterocycles. The summed E-state index contributed by atoms with van der Waals surface area (Å²) in [5, 5.41) is 5.88. The van der Waals surface area contributed by atoms with Gasteiger partial charge in [0.1, 0.15) is 20.3 Å². The predicted octanol–water partition coefficient (Wildman–Crippen LogP) is 3.27. The second-order valence-corrected chi connectivity index (χ2v) is 5.57. The number of anilines is 1. The van der Waals surface area contributed by atoms with Crippen LogP contribution in [0.2, 0.25) is 5.15 Å². The van der Waals surface area contributed by atoms with E-state index >= 15 is 0 Å². The number of benzene rings is 1. The largest absolute Gasteiger partial charge is 0.494 e. The van der Waals surface area contributed by atoms with E-state index in [0.29, 0.717) is 16.6 Å². The lowest BCUT2D eigenvalue weighted by Gasteiger charge is -2.10. The second-order valence-electron chi connectivity index (χ2n) is 4.16. The van der Waals surface area contributed by atoms with Gasteiger partial charge in [0, 0.05) is 24.0 Å². The zero-order valence-corrected chi connectivity index (χ0v) is 13.4. The topological polar surface area (TPSA) is 66.0 Å². The van der Waals surface area contributed by atoms with E-state index in [-0.39, 0.29) is 0 Å². The van der Waals surface area contributed by atoms with Crippen molar-refractivity contribution in [2.45, 2.75) is 0 Å². The fourth-order valence-electron chi connectivity index (χ4n) is 2.00. The molecule has 102 valence electrons. The van der Waals surface area contributed by atoms with Gasteiger partial charge in [-0.2, -0.15) is 5.10 Å². The average Bonchev–Trinajstić information content (AvgIpc) is 2.75. The Morgan fingerprint density at radius 1 is 1.35 bits per heavy atom. The van der Waals surface area contributed by atoms with Gasteiger partial charge >= 0.3 is 0 Å². The minimum absolute atomic E-state index is 0.421. The van der Waals surface area contributed by atoms with Gasteiger partial charge in [-0.3, -0.25) is 0 Å². The first kappa shape index (κ1) is 13.4. The van der Waals surface area contributed by atoms with Crippen LogP contribution in [0.15, 0.2) is 30.5 Å². The van der Waals surface area contributed by atoms with Crippen LogP contribution in [-0.2, 0) is 0 Å². The number of nitrogen functional groups attached to an aromatic ring is 1. The molecule has 0 unspecified atom stereocenters. The summed E-state index contributed by atoms with van der Waals surface area (Å²) in [6.07, 6.45) is 1.71.